The Morgan fingerprint density at radius 2 is 1.77 bits per heavy atom. The van der Waals surface area contributed by atoms with Crippen molar-refractivity contribution >= 4 is 15.6 Å². The predicted molar refractivity (Wildman–Crippen MR) is 114 cm³/mol. The second-order valence-corrected chi connectivity index (χ2v) is 9.71. The van der Waals surface area contributed by atoms with Gasteiger partial charge in [-0.2, -0.15) is 5.10 Å². The summed E-state index contributed by atoms with van der Waals surface area (Å²) in [5.74, 6) is 0.835. The van der Waals surface area contributed by atoms with Crippen LogP contribution in [0.15, 0.2) is 53.7 Å². The van der Waals surface area contributed by atoms with Gasteiger partial charge in [0, 0.05) is 30.9 Å². The summed E-state index contributed by atoms with van der Waals surface area (Å²) in [6, 6.07) is 12.2. The van der Waals surface area contributed by atoms with Crippen molar-refractivity contribution in [2.45, 2.75) is 36.3 Å². The third-order valence-electron chi connectivity index (χ3n) is 5.55. The van der Waals surface area contributed by atoms with Gasteiger partial charge in [0.25, 0.3) is 0 Å². The number of ether oxygens (including phenoxy) is 1. The highest BCUT2D eigenvalue weighted by Crippen LogP contribution is 2.37. The zero-order valence-electron chi connectivity index (χ0n) is 17.3. The second-order valence-electron chi connectivity index (χ2n) is 7.75. The number of aliphatic hydroxyl groups is 1. The summed E-state index contributed by atoms with van der Waals surface area (Å²) >= 11 is 0. The van der Waals surface area contributed by atoms with Gasteiger partial charge in [-0.15, -0.1) is 0 Å². The van der Waals surface area contributed by atoms with E-state index in [9.17, 15) is 18.3 Å². The Balaban J connectivity index is 1.82. The lowest BCUT2D eigenvalue weighted by atomic mass is 9.82. The van der Waals surface area contributed by atoms with Crippen LogP contribution in [0.25, 0.3) is 16.9 Å². The highest BCUT2D eigenvalue weighted by molar-refractivity contribution is 7.90. The van der Waals surface area contributed by atoms with Gasteiger partial charge in [0.2, 0.25) is 0 Å². The minimum atomic E-state index is -3.42. The molecule has 1 fully saturated rings. The van der Waals surface area contributed by atoms with Crippen molar-refractivity contribution in [3.8, 4) is 22.7 Å². The van der Waals surface area contributed by atoms with Gasteiger partial charge in [-0.05, 0) is 55.3 Å². The van der Waals surface area contributed by atoms with E-state index in [-0.39, 0.29) is 10.8 Å². The number of ketones is 1. The van der Waals surface area contributed by atoms with Crippen LogP contribution >= 0.6 is 0 Å². The zero-order valence-corrected chi connectivity index (χ0v) is 18.1. The maximum Gasteiger partial charge on any atom is 0.192 e. The average Bonchev–Trinajstić information content (AvgIpc) is 3.22. The fourth-order valence-corrected chi connectivity index (χ4v) is 4.24. The molecule has 31 heavy (non-hydrogen) atoms. The lowest BCUT2D eigenvalue weighted by Crippen LogP contribution is -2.32. The first-order chi connectivity index (χ1) is 14.7. The van der Waals surface area contributed by atoms with Crippen LogP contribution in [0.5, 0.6) is 5.75 Å². The summed E-state index contributed by atoms with van der Waals surface area (Å²) in [5.41, 5.74) is 1.32. The van der Waals surface area contributed by atoms with Gasteiger partial charge in [0.15, 0.2) is 14.9 Å². The fourth-order valence-electron chi connectivity index (χ4n) is 3.68. The van der Waals surface area contributed by atoms with Crippen molar-refractivity contribution in [1.29, 1.82) is 0 Å². The molecule has 3 aromatic rings. The highest BCUT2D eigenvalue weighted by Gasteiger charge is 2.37. The van der Waals surface area contributed by atoms with Crippen LogP contribution in [-0.2, 0) is 20.2 Å². The predicted octanol–water partition coefficient (Wildman–Crippen LogP) is 2.68. The number of carbonyl (C=O) groups excluding carboxylic acids is 1. The molecular formula is C22H23N3O5S. The van der Waals surface area contributed by atoms with Gasteiger partial charge in [-0.1, -0.05) is 0 Å². The zero-order chi connectivity index (χ0) is 22.2. The number of aromatic nitrogens is 3. The maximum absolute atomic E-state index is 11.8. The van der Waals surface area contributed by atoms with Crippen LogP contribution in [0, 0.1) is 0 Å². The fraction of sp³-hybridized carbons (Fsp3) is 0.318. The van der Waals surface area contributed by atoms with Gasteiger partial charge in [-0.25, -0.2) is 18.1 Å². The van der Waals surface area contributed by atoms with Gasteiger partial charge in [0.1, 0.15) is 17.1 Å². The molecule has 1 aromatic carbocycles. The molecule has 0 radical (unpaired) electrons. The first kappa shape index (κ1) is 21.2. The Hall–Kier alpha value is -3.04. The molecule has 0 spiro atoms. The molecule has 4 rings (SSSR count). The number of sulfone groups is 1. The third kappa shape index (κ3) is 4.24. The van der Waals surface area contributed by atoms with E-state index in [1.807, 2.05) is 12.1 Å². The smallest absolute Gasteiger partial charge is 0.192 e. The van der Waals surface area contributed by atoms with Crippen molar-refractivity contribution in [3.05, 3.63) is 54.4 Å². The lowest BCUT2D eigenvalue weighted by molar-refractivity contribution is -0.125. The number of Topliss-reactive ketones (excluding diaryl/α,β-unsaturated/α-hetero) is 1. The molecule has 9 heteroatoms. The van der Waals surface area contributed by atoms with Gasteiger partial charge in [-0.3, -0.25) is 4.79 Å². The highest BCUT2D eigenvalue weighted by atomic mass is 32.2. The number of methoxy groups -OCH3 is 1. The standard InChI is InChI=1S/C22H23N3O5S/c1-30-18-6-4-16(5-7-18)25-19(15-3-8-21(23-14-15)31(2,28)29)13-20(24-25)22(27)11-9-17(26)10-12-22/h3-8,13-14,27H,9-12H2,1-2H3. The molecule has 162 valence electrons. The molecule has 0 saturated heterocycles. The minimum Gasteiger partial charge on any atom is -0.497 e. The summed E-state index contributed by atoms with van der Waals surface area (Å²) in [5, 5.41) is 15.8. The number of hydrogen-bond acceptors (Lipinski definition) is 7. The van der Waals surface area contributed by atoms with Crippen LogP contribution in [-0.4, -0.2) is 47.4 Å². The Kier molecular flexibility index (Phi) is 5.40. The molecule has 0 bridgehead atoms. The van der Waals surface area contributed by atoms with Gasteiger partial charge >= 0.3 is 0 Å². The van der Waals surface area contributed by atoms with E-state index in [4.69, 9.17) is 4.74 Å². The van der Waals surface area contributed by atoms with Crippen LogP contribution in [0.1, 0.15) is 31.4 Å². The van der Waals surface area contributed by atoms with Gasteiger partial charge < -0.3 is 9.84 Å². The van der Waals surface area contributed by atoms with Crippen LogP contribution in [0.2, 0.25) is 0 Å². The lowest BCUT2D eigenvalue weighted by Gasteiger charge is -2.29. The number of benzene rings is 1. The van der Waals surface area contributed by atoms with Crippen LogP contribution in [0.4, 0.5) is 0 Å². The maximum atomic E-state index is 11.8. The SMILES string of the molecule is COc1ccc(-n2nc(C3(O)CCC(=O)CC3)cc2-c2ccc(S(C)(=O)=O)nc2)cc1. The van der Waals surface area contributed by atoms with E-state index in [0.29, 0.717) is 48.4 Å². The van der Waals surface area contributed by atoms with E-state index in [1.165, 1.54) is 12.3 Å². The Bertz CT molecular complexity index is 1210. The Labute approximate surface area is 180 Å². The first-order valence-electron chi connectivity index (χ1n) is 9.85. The van der Waals surface area contributed by atoms with Crippen molar-refractivity contribution in [2.24, 2.45) is 0 Å². The third-order valence-corrected chi connectivity index (χ3v) is 6.55. The molecule has 0 amide bonds. The topological polar surface area (TPSA) is 111 Å². The molecule has 2 aromatic heterocycles. The summed E-state index contributed by atoms with van der Waals surface area (Å²) in [6.45, 7) is 0. The molecule has 0 unspecified atom stereocenters. The number of nitrogens with zero attached hydrogens (tertiary/aromatic N) is 3. The van der Waals surface area contributed by atoms with E-state index in [1.54, 1.807) is 36.1 Å². The van der Waals surface area contributed by atoms with Crippen LogP contribution in [0.3, 0.4) is 0 Å². The summed E-state index contributed by atoms with van der Waals surface area (Å²) in [7, 11) is -1.83. The summed E-state index contributed by atoms with van der Waals surface area (Å²) < 4.78 is 30.4. The number of rotatable bonds is 5. The van der Waals surface area contributed by atoms with E-state index < -0.39 is 15.4 Å². The van der Waals surface area contributed by atoms with E-state index in [2.05, 4.69) is 10.1 Å². The average molecular weight is 442 g/mol. The molecule has 0 atom stereocenters. The summed E-state index contributed by atoms with van der Waals surface area (Å²) in [6.07, 6.45) is 3.84. The van der Waals surface area contributed by atoms with Crippen LogP contribution < -0.4 is 4.74 Å². The quantitative estimate of drug-likeness (QED) is 0.648. The molecule has 1 saturated carbocycles. The first-order valence-corrected chi connectivity index (χ1v) is 11.7. The van der Waals surface area contributed by atoms with Crippen molar-refractivity contribution in [3.63, 3.8) is 0 Å². The van der Waals surface area contributed by atoms with E-state index in [0.717, 1.165) is 11.9 Å². The Morgan fingerprint density at radius 3 is 2.32 bits per heavy atom. The largest absolute Gasteiger partial charge is 0.497 e. The normalized spacial score (nSPS) is 16.3. The van der Waals surface area contributed by atoms with Gasteiger partial charge in [0.05, 0.1) is 24.2 Å². The minimum absolute atomic E-state index is 0.0172. The Morgan fingerprint density at radius 1 is 1.10 bits per heavy atom. The molecule has 8 nitrogen and oxygen atoms in total. The van der Waals surface area contributed by atoms with Crippen molar-refractivity contribution in [2.75, 3.05) is 13.4 Å². The van der Waals surface area contributed by atoms with Crippen molar-refractivity contribution in [1.82, 2.24) is 14.8 Å². The van der Waals surface area contributed by atoms with E-state index >= 15 is 0 Å². The number of carbonyl (C=O) groups is 1. The molecule has 2 heterocycles. The molecule has 1 N–H and O–H groups in total. The molecule has 0 aliphatic heterocycles. The second kappa shape index (κ2) is 7.90. The molecular weight excluding hydrogens is 418 g/mol. The van der Waals surface area contributed by atoms with Crippen molar-refractivity contribution < 1.29 is 23.1 Å². The summed E-state index contributed by atoms with van der Waals surface area (Å²) in [4.78, 5) is 15.7. The molecule has 1 aliphatic rings. The molecule has 1 aliphatic carbocycles. The monoisotopic (exact) mass is 441 g/mol. The number of pyridine rings is 1. The number of hydrogen-bond donors (Lipinski definition) is 1.